The molecule has 2 heterocycles. The molecule has 2 rings (SSSR count). The summed E-state index contributed by atoms with van der Waals surface area (Å²) in [5.41, 5.74) is 0.415. The van der Waals surface area contributed by atoms with E-state index >= 15 is 0 Å². The summed E-state index contributed by atoms with van der Waals surface area (Å²) in [5.74, 6) is 0.179. The molecule has 8 heteroatoms. The second kappa shape index (κ2) is 5.15. The number of hydrogen-bond donors (Lipinski definition) is 0. The smallest absolute Gasteiger partial charge is 0.352 e. The van der Waals surface area contributed by atoms with Gasteiger partial charge in [-0.05, 0) is 37.6 Å². The molecule has 7 nitrogen and oxygen atoms in total. The number of nitrogens with zero attached hydrogens (tertiary/aromatic N) is 4. The minimum Gasteiger partial charge on any atom is -0.432 e. The molecule has 0 N–H and O–H groups in total. The first kappa shape index (κ1) is 13.2. The topological polar surface area (TPSA) is 91.0 Å². The van der Waals surface area contributed by atoms with Crippen LogP contribution in [0.25, 0.3) is 0 Å². The van der Waals surface area contributed by atoms with Gasteiger partial charge in [0.2, 0.25) is 5.28 Å². The highest BCUT2D eigenvalue weighted by atomic mass is 35.5. The van der Waals surface area contributed by atoms with Crippen LogP contribution in [0.3, 0.4) is 0 Å². The molecular weight excluding hydrogens is 272 g/mol. The van der Waals surface area contributed by atoms with Crippen LogP contribution >= 0.6 is 11.6 Å². The molecule has 0 unspecified atom stereocenters. The van der Waals surface area contributed by atoms with Crippen molar-refractivity contribution in [1.82, 2.24) is 15.0 Å². The van der Waals surface area contributed by atoms with E-state index in [1.807, 2.05) is 0 Å². The highest BCUT2D eigenvalue weighted by Gasteiger charge is 2.24. The van der Waals surface area contributed by atoms with E-state index in [0.29, 0.717) is 11.4 Å². The number of aryl methyl sites for hydroxylation is 2. The van der Waals surface area contributed by atoms with E-state index in [4.69, 9.17) is 16.3 Å². The Morgan fingerprint density at radius 2 is 2.05 bits per heavy atom. The zero-order valence-electron chi connectivity index (χ0n) is 10.1. The normalized spacial score (nSPS) is 10.3. The molecule has 0 fully saturated rings. The van der Waals surface area contributed by atoms with Crippen LogP contribution in [0.1, 0.15) is 11.4 Å². The Bertz CT molecular complexity index is 648. The molecule has 0 bridgehead atoms. The zero-order chi connectivity index (χ0) is 14.0. The number of rotatable bonds is 3. The first-order chi connectivity index (χ1) is 8.99. The van der Waals surface area contributed by atoms with Crippen LogP contribution in [0.5, 0.6) is 11.6 Å². The van der Waals surface area contributed by atoms with Gasteiger partial charge in [0.1, 0.15) is 5.69 Å². The van der Waals surface area contributed by atoms with E-state index in [-0.39, 0.29) is 22.5 Å². The van der Waals surface area contributed by atoms with Crippen molar-refractivity contribution in [2.45, 2.75) is 13.8 Å². The fourth-order valence-corrected chi connectivity index (χ4v) is 1.67. The molecule has 0 atom stereocenters. The molecule has 0 amide bonds. The summed E-state index contributed by atoms with van der Waals surface area (Å²) in [6, 6.07) is 3.29. The van der Waals surface area contributed by atoms with Gasteiger partial charge in [-0.25, -0.2) is 4.98 Å². The lowest BCUT2D eigenvalue weighted by molar-refractivity contribution is -0.386. The predicted molar refractivity (Wildman–Crippen MR) is 67.5 cm³/mol. The van der Waals surface area contributed by atoms with Gasteiger partial charge in [-0.15, -0.1) is 0 Å². The number of nitro groups is 1. The molecule has 0 aliphatic heterocycles. The monoisotopic (exact) mass is 280 g/mol. The maximum Gasteiger partial charge on any atom is 0.352 e. The second-order valence-corrected chi connectivity index (χ2v) is 4.02. The van der Waals surface area contributed by atoms with Crippen molar-refractivity contribution in [3.8, 4) is 11.6 Å². The van der Waals surface area contributed by atoms with Gasteiger partial charge in [0.05, 0.1) is 10.6 Å². The Morgan fingerprint density at radius 3 is 2.68 bits per heavy atom. The summed E-state index contributed by atoms with van der Waals surface area (Å²) in [6.07, 6.45) is 1.59. The Balaban J connectivity index is 2.51. The molecule has 0 spiro atoms. The lowest BCUT2D eigenvalue weighted by Gasteiger charge is -2.08. The van der Waals surface area contributed by atoms with E-state index in [1.165, 1.54) is 6.92 Å². The van der Waals surface area contributed by atoms with Crippen molar-refractivity contribution in [2.24, 2.45) is 0 Å². The lowest BCUT2D eigenvalue weighted by atomic mass is 10.3. The number of pyridine rings is 1. The third kappa shape index (κ3) is 2.76. The van der Waals surface area contributed by atoms with E-state index in [2.05, 4.69) is 15.0 Å². The number of hydrogen-bond acceptors (Lipinski definition) is 6. The van der Waals surface area contributed by atoms with Gasteiger partial charge >= 0.3 is 11.6 Å². The quantitative estimate of drug-likeness (QED) is 0.488. The number of ether oxygens (including phenoxy) is 1. The Hall–Kier alpha value is -2.28. The first-order valence-corrected chi connectivity index (χ1v) is 5.65. The summed E-state index contributed by atoms with van der Waals surface area (Å²) >= 11 is 5.69. The molecule has 19 heavy (non-hydrogen) atoms. The summed E-state index contributed by atoms with van der Waals surface area (Å²) < 4.78 is 5.42. The van der Waals surface area contributed by atoms with Crippen molar-refractivity contribution in [2.75, 3.05) is 0 Å². The van der Waals surface area contributed by atoms with Gasteiger partial charge in [0.15, 0.2) is 5.75 Å². The highest BCUT2D eigenvalue weighted by molar-refractivity contribution is 6.28. The minimum absolute atomic E-state index is 0.111. The van der Waals surface area contributed by atoms with Crippen LogP contribution in [-0.2, 0) is 0 Å². The number of halogens is 1. The Labute approximate surface area is 113 Å². The summed E-state index contributed by atoms with van der Waals surface area (Å²) in [5, 5.41) is 10.9. The molecule has 0 aromatic carbocycles. The van der Waals surface area contributed by atoms with Crippen molar-refractivity contribution < 1.29 is 9.66 Å². The molecule has 2 aromatic rings. The lowest BCUT2D eigenvalue weighted by Crippen LogP contribution is -2.02. The van der Waals surface area contributed by atoms with Gasteiger partial charge in [0.25, 0.3) is 0 Å². The van der Waals surface area contributed by atoms with Gasteiger partial charge in [-0.1, -0.05) is 0 Å². The van der Waals surface area contributed by atoms with Crippen LogP contribution in [0, 0.1) is 24.0 Å². The largest absolute Gasteiger partial charge is 0.432 e. The maximum absolute atomic E-state index is 11.0. The zero-order valence-corrected chi connectivity index (χ0v) is 10.9. The second-order valence-electron chi connectivity index (χ2n) is 3.68. The fraction of sp³-hybridized carbons (Fsp3) is 0.182. The summed E-state index contributed by atoms with van der Waals surface area (Å²) in [6.45, 7) is 3.19. The van der Waals surface area contributed by atoms with E-state index in [9.17, 15) is 10.1 Å². The van der Waals surface area contributed by atoms with Crippen molar-refractivity contribution in [3.63, 3.8) is 0 Å². The molecule has 0 radical (unpaired) electrons. The van der Waals surface area contributed by atoms with Gasteiger partial charge in [-0.3, -0.25) is 15.1 Å². The van der Waals surface area contributed by atoms with Gasteiger partial charge in [-0.2, -0.15) is 4.98 Å². The molecule has 0 aliphatic carbocycles. The summed E-state index contributed by atoms with van der Waals surface area (Å²) in [7, 11) is 0. The van der Waals surface area contributed by atoms with E-state index in [0.717, 1.165) is 0 Å². The van der Waals surface area contributed by atoms with Crippen molar-refractivity contribution in [1.29, 1.82) is 0 Å². The Morgan fingerprint density at radius 1 is 1.32 bits per heavy atom. The van der Waals surface area contributed by atoms with Crippen LogP contribution in [0.4, 0.5) is 5.69 Å². The van der Waals surface area contributed by atoms with Crippen LogP contribution in [-0.4, -0.2) is 19.9 Å². The third-order valence-corrected chi connectivity index (χ3v) is 2.52. The molecule has 0 saturated carbocycles. The molecule has 0 aliphatic rings. The number of aromatic nitrogens is 3. The molecule has 98 valence electrons. The average molecular weight is 281 g/mol. The standard InChI is InChI=1S/C11H9ClN4O3/c1-6-8(4-3-5-13-6)19-10-9(16(17)18)7(2)14-11(12)15-10/h3-5H,1-2H3. The first-order valence-electron chi connectivity index (χ1n) is 5.27. The SMILES string of the molecule is Cc1ncccc1Oc1nc(Cl)nc(C)c1[N+](=O)[O-]. The van der Waals surface area contributed by atoms with Crippen molar-refractivity contribution in [3.05, 3.63) is 45.1 Å². The fourth-order valence-electron chi connectivity index (χ4n) is 1.47. The predicted octanol–water partition coefficient (Wildman–Crippen LogP) is 2.84. The Kier molecular flexibility index (Phi) is 3.57. The van der Waals surface area contributed by atoms with Crippen LogP contribution < -0.4 is 4.74 Å². The summed E-state index contributed by atoms with van der Waals surface area (Å²) in [4.78, 5) is 21.9. The molecule has 0 saturated heterocycles. The van der Waals surface area contributed by atoms with E-state index in [1.54, 1.807) is 25.3 Å². The minimum atomic E-state index is -0.604. The molecular formula is C11H9ClN4O3. The van der Waals surface area contributed by atoms with Gasteiger partial charge < -0.3 is 4.74 Å². The van der Waals surface area contributed by atoms with Crippen LogP contribution in [0.2, 0.25) is 5.28 Å². The molecule has 2 aromatic heterocycles. The van der Waals surface area contributed by atoms with E-state index < -0.39 is 4.92 Å². The van der Waals surface area contributed by atoms with Crippen LogP contribution in [0.15, 0.2) is 18.3 Å². The highest BCUT2D eigenvalue weighted by Crippen LogP contribution is 2.32. The van der Waals surface area contributed by atoms with Gasteiger partial charge in [0, 0.05) is 6.20 Å². The average Bonchev–Trinajstić information content (AvgIpc) is 2.30. The maximum atomic E-state index is 11.0. The third-order valence-electron chi connectivity index (χ3n) is 2.35. The van der Waals surface area contributed by atoms with Crippen molar-refractivity contribution >= 4 is 17.3 Å².